The molecule has 2 saturated heterocycles. The second kappa shape index (κ2) is 7.31. The van der Waals surface area contributed by atoms with Crippen molar-refractivity contribution < 1.29 is 9.26 Å². The fraction of sp³-hybridized carbons (Fsp3) is 0.857. The van der Waals surface area contributed by atoms with E-state index in [1.54, 1.807) is 0 Å². The molecule has 2 fully saturated rings. The van der Waals surface area contributed by atoms with Crippen molar-refractivity contribution >= 4 is 0 Å². The Balaban J connectivity index is 1.57. The van der Waals surface area contributed by atoms with Gasteiger partial charge >= 0.3 is 0 Å². The Labute approximate surface area is 125 Å². The molecule has 0 aromatic carbocycles. The molecular weight excluding hydrogens is 270 g/mol. The Morgan fingerprint density at radius 3 is 3.10 bits per heavy atom. The van der Waals surface area contributed by atoms with E-state index in [1.807, 2.05) is 0 Å². The quantitative estimate of drug-likeness (QED) is 0.854. The molecule has 7 nitrogen and oxygen atoms in total. The summed E-state index contributed by atoms with van der Waals surface area (Å²) in [6.07, 6.45) is 1.11. The van der Waals surface area contributed by atoms with Crippen LogP contribution in [-0.2, 0) is 11.3 Å². The smallest absolute Gasteiger partial charge is 0.240 e. The maximum atomic E-state index is 5.77. The molecule has 0 bridgehead atoms. The van der Waals surface area contributed by atoms with Crippen LogP contribution < -0.4 is 5.32 Å². The number of morpholine rings is 1. The van der Waals surface area contributed by atoms with Gasteiger partial charge in [-0.1, -0.05) is 12.1 Å². The third-order valence-corrected chi connectivity index (χ3v) is 4.16. The van der Waals surface area contributed by atoms with Crippen LogP contribution in [0, 0.1) is 0 Å². The monoisotopic (exact) mass is 295 g/mol. The predicted molar refractivity (Wildman–Crippen MR) is 77.9 cm³/mol. The van der Waals surface area contributed by atoms with Crippen LogP contribution in [0.3, 0.4) is 0 Å². The normalized spacial score (nSPS) is 25.9. The van der Waals surface area contributed by atoms with Crippen LogP contribution in [0.4, 0.5) is 0 Å². The molecule has 21 heavy (non-hydrogen) atoms. The van der Waals surface area contributed by atoms with Gasteiger partial charge < -0.3 is 14.6 Å². The third-order valence-electron chi connectivity index (χ3n) is 4.16. The maximum Gasteiger partial charge on any atom is 0.240 e. The zero-order chi connectivity index (χ0) is 14.5. The number of hydrogen-bond donors (Lipinski definition) is 1. The van der Waals surface area contributed by atoms with Crippen LogP contribution in [0.1, 0.15) is 31.2 Å². The van der Waals surface area contributed by atoms with Gasteiger partial charge in [-0.25, -0.2) is 0 Å². The first-order valence-electron chi connectivity index (χ1n) is 7.94. The Bertz CT molecular complexity index is 431. The average molecular weight is 295 g/mol. The van der Waals surface area contributed by atoms with Gasteiger partial charge in [-0.2, -0.15) is 4.98 Å². The highest BCUT2D eigenvalue weighted by Crippen LogP contribution is 2.19. The number of nitrogens with one attached hydrogen (secondary N) is 1. The highest BCUT2D eigenvalue weighted by atomic mass is 16.5. The summed E-state index contributed by atoms with van der Waals surface area (Å²) in [7, 11) is 0. The van der Waals surface area contributed by atoms with Crippen molar-refractivity contribution in [3.05, 3.63) is 11.7 Å². The van der Waals surface area contributed by atoms with Crippen molar-refractivity contribution in [1.29, 1.82) is 0 Å². The molecule has 1 unspecified atom stereocenters. The Hall–Kier alpha value is -1.02. The molecule has 2 aliphatic heterocycles. The van der Waals surface area contributed by atoms with Crippen molar-refractivity contribution in [2.75, 3.05) is 52.4 Å². The standard InChI is InChI=1S/C14H25N5O2/c1-2-18-8-9-20-12(10-18)14-16-13(21-17-14)11-19-6-3-4-15-5-7-19/h12,15H,2-11H2,1H3. The van der Waals surface area contributed by atoms with E-state index in [-0.39, 0.29) is 6.10 Å². The third kappa shape index (κ3) is 4.00. The van der Waals surface area contributed by atoms with Gasteiger partial charge in [-0.15, -0.1) is 0 Å². The number of hydrogen-bond acceptors (Lipinski definition) is 7. The summed E-state index contributed by atoms with van der Waals surface area (Å²) in [5.74, 6) is 1.39. The van der Waals surface area contributed by atoms with Gasteiger partial charge in [0.1, 0.15) is 6.10 Å². The lowest BCUT2D eigenvalue weighted by Gasteiger charge is -2.30. The van der Waals surface area contributed by atoms with Gasteiger partial charge in [0.2, 0.25) is 11.7 Å². The Kier molecular flexibility index (Phi) is 5.18. The van der Waals surface area contributed by atoms with Gasteiger partial charge in [0.15, 0.2) is 0 Å². The minimum Gasteiger partial charge on any atom is -0.367 e. The van der Waals surface area contributed by atoms with Crippen LogP contribution in [0.25, 0.3) is 0 Å². The fourth-order valence-corrected chi connectivity index (χ4v) is 2.86. The van der Waals surface area contributed by atoms with Crippen LogP contribution >= 0.6 is 0 Å². The summed E-state index contributed by atoms with van der Waals surface area (Å²) in [5, 5.41) is 7.51. The van der Waals surface area contributed by atoms with Gasteiger partial charge in [-0.05, 0) is 26.1 Å². The summed E-state index contributed by atoms with van der Waals surface area (Å²) >= 11 is 0. The summed E-state index contributed by atoms with van der Waals surface area (Å²) < 4.78 is 11.2. The van der Waals surface area contributed by atoms with E-state index in [0.29, 0.717) is 11.7 Å². The number of likely N-dealkylation sites (N-methyl/N-ethyl adjacent to an activating group) is 1. The van der Waals surface area contributed by atoms with Crippen LogP contribution in [0.5, 0.6) is 0 Å². The zero-order valence-corrected chi connectivity index (χ0v) is 12.8. The van der Waals surface area contributed by atoms with E-state index in [4.69, 9.17) is 9.26 Å². The van der Waals surface area contributed by atoms with Crippen molar-refractivity contribution in [3.63, 3.8) is 0 Å². The fourth-order valence-electron chi connectivity index (χ4n) is 2.86. The van der Waals surface area contributed by atoms with Crippen molar-refractivity contribution in [3.8, 4) is 0 Å². The van der Waals surface area contributed by atoms with Gasteiger partial charge in [0.05, 0.1) is 13.2 Å². The minimum absolute atomic E-state index is 0.0537. The summed E-state index contributed by atoms with van der Waals surface area (Å²) in [6.45, 7) is 10.7. The molecule has 1 N–H and O–H groups in total. The first-order chi connectivity index (χ1) is 10.3. The molecule has 0 amide bonds. The topological polar surface area (TPSA) is 66.7 Å². The second-order valence-electron chi connectivity index (χ2n) is 5.68. The molecule has 118 valence electrons. The molecule has 0 aliphatic carbocycles. The van der Waals surface area contributed by atoms with Crippen molar-refractivity contribution in [2.45, 2.75) is 26.0 Å². The first-order valence-corrected chi connectivity index (χ1v) is 7.94. The molecule has 1 aromatic heterocycles. The molecule has 0 radical (unpaired) electrons. The number of ether oxygens (including phenoxy) is 1. The molecule has 0 saturated carbocycles. The second-order valence-corrected chi connectivity index (χ2v) is 5.68. The first kappa shape index (κ1) is 14.9. The van der Waals surface area contributed by atoms with Gasteiger partial charge in [0.25, 0.3) is 0 Å². The number of rotatable bonds is 4. The highest BCUT2D eigenvalue weighted by molar-refractivity contribution is 4.94. The maximum absolute atomic E-state index is 5.77. The number of nitrogens with zero attached hydrogens (tertiary/aromatic N) is 4. The van der Waals surface area contributed by atoms with Crippen LogP contribution in [0.15, 0.2) is 4.52 Å². The Morgan fingerprint density at radius 1 is 1.24 bits per heavy atom. The lowest BCUT2D eigenvalue weighted by atomic mass is 10.2. The van der Waals surface area contributed by atoms with Crippen LogP contribution in [0.2, 0.25) is 0 Å². The van der Waals surface area contributed by atoms with E-state index in [1.165, 1.54) is 0 Å². The van der Waals surface area contributed by atoms with E-state index >= 15 is 0 Å². The molecular formula is C14H25N5O2. The Morgan fingerprint density at radius 2 is 2.19 bits per heavy atom. The van der Waals surface area contributed by atoms with Gasteiger partial charge in [-0.3, -0.25) is 9.80 Å². The predicted octanol–water partition coefficient (Wildman–Crippen LogP) is 0.258. The summed E-state index contributed by atoms with van der Waals surface area (Å²) in [6, 6.07) is 0. The van der Waals surface area contributed by atoms with E-state index < -0.39 is 0 Å². The molecule has 1 aromatic rings. The highest BCUT2D eigenvalue weighted by Gasteiger charge is 2.25. The summed E-state index contributed by atoms with van der Waals surface area (Å²) in [4.78, 5) is 9.25. The molecule has 7 heteroatoms. The van der Waals surface area contributed by atoms with E-state index in [0.717, 1.165) is 65.4 Å². The lowest BCUT2D eigenvalue weighted by molar-refractivity contribution is -0.0334. The molecule has 3 heterocycles. The molecule has 3 rings (SSSR count). The largest absolute Gasteiger partial charge is 0.367 e. The zero-order valence-electron chi connectivity index (χ0n) is 12.8. The van der Waals surface area contributed by atoms with Crippen molar-refractivity contribution in [1.82, 2.24) is 25.3 Å². The van der Waals surface area contributed by atoms with Crippen LogP contribution in [-0.4, -0.2) is 72.4 Å². The summed E-state index contributed by atoms with van der Waals surface area (Å²) in [5.41, 5.74) is 0. The van der Waals surface area contributed by atoms with E-state index in [2.05, 4.69) is 32.2 Å². The molecule has 2 aliphatic rings. The van der Waals surface area contributed by atoms with Gasteiger partial charge in [0, 0.05) is 26.2 Å². The molecule has 1 atom stereocenters. The van der Waals surface area contributed by atoms with Crippen molar-refractivity contribution in [2.24, 2.45) is 0 Å². The molecule has 0 spiro atoms. The lowest BCUT2D eigenvalue weighted by Crippen LogP contribution is -2.38. The average Bonchev–Trinajstić information content (AvgIpc) is 2.83. The van der Waals surface area contributed by atoms with E-state index in [9.17, 15) is 0 Å². The number of aromatic nitrogens is 2. The SMILES string of the molecule is CCN1CCOC(c2noc(CN3CCCNCC3)n2)C1. The minimum atomic E-state index is -0.0537.